The van der Waals surface area contributed by atoms with Crippen molar-refractivity contribution in [1.29, 1.82) is 0 Å². The SMILES string of the molecule is CCC[C@H](NC(C)=O)C(=O)N[C@H]1CSCc2cccc(c2)CSC[C@@H](C(N)=O)NC(=O)C([C@@H](C)O)NC(=O)[C@H](C2CCCCC2)NC(=O)[C@H](Cc2c[nH]c3ncccc23)NC(=O)[C@H](Cc2cnc[nH]2)NC(=O)[C@H](CCC(=O)O)NC(=O)[C@H](Cc2c[nH]c3ncccc23)NC(=O)[C@H]([C@@H](C)O)NC(=O)[C@H](C)N(C)C(=O)[C@H](Cc2ccc(O)cc2)NC(=O)[C@H](C(C)(C)C)NC1=O. The van der Waals surface area contributed by atoms with Gasteiger partial charge in [0.1, 0.15) is 95.6 Å². The van der Waals surface area contributed by atoms with Crippen LogP contribution in [0.2, 0.25) is 0 Å². The molecule has 5 aromatic heterocycles. The van der Waals surface area contributed by atoms with Gasteiger partial charge >= 0.3 is 5.97 Å². The third-order valence-corrected chi connectivity index (χ3v) is 24.5. The number of carboxylic acids is 1. The fourth-order valence-corrected chi connectivity index (χ4v) is 17.1. The number of primary amides is 1. The van der Waals surface area contributed by atoms with Gasteiger partial charge in [-0.1, -0.05) is 89.8 Å². The number of nitrogens with two attached hydrogens (primary N) is 1. The summed E-state index contributed by atoms with van der Waals surface area (Å²) in [6.07, 6.45) is 5.93. The lowest BCUT2D eigenvalue weighted by molar-refractivity contribution is -0.143. The Kier molecular flexibility index (Phi) is 36.3. The number of carboxylic acid groups (broad SMARTS) is 1. The molecule has 2 bridgehead atoms. The number of thioether (sulfide) groups is 2. The van der Waals surface area contributed by atoms with Gasteiger partial charge in [-0.25, -0.2) is 15.0 Å². The van der Waals surface area contributed by atoms with E-state index in [4.69, 9.17) is 5.73 Å². The summed E-state index contributed by atoms with van der Waals surface area (Å²) in [5.41, 5.74) is 8.45. The van der Waals surface area contributed by atoms with E-state index in [-0.39, 0.29) is 53.7 Å². The number of aliphatic hydroxyl groups is 2. The van der Waals surface area contributed by atoms with Gasteiger partial charge in [0.2, 0.25) is 82.7 Å². The van der Waals surface area contributed by atoms with Crippen LogP contribution in [0.1, 0.15) is 147 Å². The molecule has 14 amide bonds. The van der Waals surface area contributed by atoms with Crippen LogP contribution in [-0.4, -0.2) is 253 Å². The Morgan fingerprint density at radius 2 is 1.13 bits per heavy atom. The highest BCUT2D eigenvalue weighted by molar-refractivity contribution is 7.98. The van der Waals surface area contributed by atoms with Crippen LogP contribution >= 0.6 is 23.5 Å². The first kappa shape index (κ1) is 99.3. The van der Waals surface area contributed by atoms with Crippen LogP contribution < -0.4 is 69.5 Å². The van der Waals surface area contributed by atoms with Crippen molar-refractivity contribution in [3.63, 3.8) is 0 Å². The van der Waals surface area contributed by atoms with Crippen molar-refractivity contribution in [3.8, 4) is 5.75 Å². The molecule has 41 heteroatoms. The van der Waals surface area contributed by atoms with E-state index in [9.17, 15) is 58.8 Å². The number of H-pyrrole nitrogens is 3. The lowest BCUT2D eigenvalue weighted by Gasteiger charge is -2.34. The van der Waals surface area contributed by atoms with Gasteiger partial charge in [0.15, 0.2) is 0 Å². The Labute approximate surface area is 747 Å². The number of carbonyl (C=O) groups excluding carboxylic acids is 14. The number of fused-ring (bicyclic) bond motifs is 4. The number of hydrogen-bond acceptors (Lipinski definition) is 23. The first-order valence-electron chi connectivity index (χ1n) is 42.4. The third-order valence-electron chi connectivity index (χ3n) is 22.3. The van der Waals surface area contributed by atoms with Gasteiger partial charge in [-0.2, -0.15) is 23.5 Å². The van der Waals surface area contributed by atoms with Crippen molar-refractivity contribution in [2.45, 2.75) is 241 Å². The van der Waals surface area contributed by atoms with Crippen molar-refractivity contribution in [2.75, 3.05) is 18.6 Å². The minimum atomic E-state index is -1.94. The number of carbonyl (C=O) groups is 15. The number of benzene rings is 2. The predicted molar refractivity (Wildman–Crippen MR) is 474 cm³/mol. The largest absolute Gasteiger partial charge is 0.508 e. The quantitative estimate of drug-likeness (QED) is 0.0495. The van der Waals surface area contributed by atoms with Crippen LogP contribution in [0.25, 0.3) is 22.1 Å². The van der Waals surface area contributed by atoms with Gasteiger partial charge in [-0.05, 0) is 122 Å². The topological polar surface area (TPSA) is 597 Å². The number of phenols is 1. The zero-order chi connectivity index (χ0) is 93.2. The number of aromatic amines is 3. The van der Waals surface area contributed by atoms with E-state index in [0.717, 1.165) is 29.4 Å². The molecule has 6 heterocycles. The van der Waals surface area contributed by atoms with Crippen molar-refractivity contribution in [3.05, 3.63) is 144 Å². The normalized spacial score (nSPS) is 23.9. The highest BCUT2D eigenvalue weighted by atomic mass is 32.2. The molecule has 2 aliphatic rings. The van der Waals surface area contributed by atoms with Crippen LogP contribution in [0, 0.1) is 11.3 Å². The van der Waals surface area contributed by atoms with E-state index in [1.54, 1.807) is 64.2 Å². The van der Waals surface area contributed by atoms with Crippen molar-refractivity contribution in [2.24, 2.45) is 17.1 Å². The fourth-order valence-electron chi connectivity index (χ4n) is 15.1. The van der Waals surface area contributed by atoms with Crippen LogP contribution in [0.5, 0.6) is 5.75 Å². The first-order chi connectivity index (χ1) is 60.8. The molecule has 1 unspecified atom stereocenters. The molecule has 1 fully saturated rings. The molecular formula is C87H116N20O19S2. The number of hydrogen-bond donors (Lipinski definition) is 20. The second-order valence-electron chi connectivity index (χ2n) is 33.4. The zero-order valence-corrected chi connectivity index (χ0v) is 74.4. The number of aliphatic carboxylic acids is 1. The number of aromatic hydroxyl groups is 1. The maximum atomic E-state index is 15.4. The summed E-state index contributed by atoms with van der Waals surface area (Å²) in [6, 6.07) is -1.05. The van der Waals surface area contributed by atoms with Crippen LogP contribution in [0.15, 0.2) is 110 Å². The standard InChI is InChI=1S/C87H116N20O19S2/c1-10-17-59(95-48(5)110)76(116)102-66-43-128-41-51-19-14-18-50(32-51)40-127-42-65(72(88)114)101-83(123)69(47(4)109)104-84(124)70(52-20-12-11-13-21-52)105-80(120)62(35-54-38-93-74-58(54)23-16-31-91-74)97-79(119)63(36-55-39-89-44-94-55)98-77(117)60(28-29-67(112)113)96-78(118)61(34-53-37-92-73-57(53)22-15-30-90-73)99-82(122)68(46(3)108)103-75(115)45(2)107(9)86(126)64(33-49-24-26-56(111)27-25-49)100-85(125)71(87(6,7)8)106-81(66)121/h14-16,18-19,22-27,30-32,37-39,44-47,52,59-66,68-71,108-109,111H,10-13,17,20-21,28-29,33-36,40-43H2,1-9H3,(H2,88,114)(H,89,94)(H,90,92)(H,91,93)(H,95,110)(H,96,118)(H,97,119)(H,98,117)(H,99,122)(H,100,125)(H,101,123)(H,102,116)(H,103,115)(H,104,124)(H,105,120)(H,106,121)(H,112,113)/t45-,46+,47+,59-,60-,61-,62-,63-,64-,65-,66-,68-,69?,70-,71+/m0/s1. The number of imidazole rings is 1. The summed E-state index contributed by atoms with van der Waals surface area (Å²) in [7, 11) is 1.23. The Morgan fingerprint density at radius 3 is 1.67 bits per heavy atom. The molecule has 39 nitrogen and oxygen atoms in total. The van der Waals surface area contributed by atoms with Crippen molar-refractivity contribution >= 4 is 134 Å². The van der Waals surface area contributed by atoms with Gasteiger partial charge in [0, 0.05) is 117 Å². The summed E-state index contributed by atoms with van der Waals surface area (Å²) >= 11 is 2.44. The average Bonchev–Trinajstić information content (AvgIpc) is 1.29. The summed E-state index contributed by atoms with van der Waals surface area (Å²) in [4.78, 5) is 241. The van der Waals surface area contributed by atoms with Crippen LogP contribution in [0.3, 0.4) is 0 Å². The monoisotopic (exact) mass is 1810 g/mol. The highest BCUT2D eigenvalue weighted by Gasteiger charge is 2.43. The summed E-state index contributed by atoms with van der Waals surface area (Å²) in [5, 5.41) is 76.3. The molecule has 1 aliphatic heterocycles. The van der Waals surface area contributed by atoms with Gasteiger partial charge in [0.25, 0.3) is 0 Å². The van der Waals surface area contributed by atoms with E-state index in [1.807, 2.05) is 18.2 Å². The molecule has 1 saturated carbocycles. The minimum Gasteiger partial charge on any atom is -0.508 e. The Morgan fingerprint density at radius 1 is 0.602 bits per heavy atom. The summed E-state index contributed by atoms with van der Waals surface area (Å²) < 4.78 is 0. The van der Waals surface area contributed by atoms with Crippen molar-refractivity contribution in [1.82, 2.24) is 98.6 Å². The van der Waals surface area contributed by atoms with E-state index in [1.165, 1.54) is 107 Å². The number of nitrogens with one attached hydrogen (secondary N) is 15. The number of nitrogens with zero attached hydrogens (tertiary/aromatic N) is 4. The number of amides is 14. The molecule has 1 aliphatic carbocycles. The Balaban J connectivity index is 1.09. The third kappa shape index (κ3) is 28.5. The second kappa shape index (κ2) is 46.8. The van der Waals surface area contributed by atoms with Gasteiger partial charge < -0.3 is 110 Å². The molecule has 690 valence electrons. The van der Waals surface area contributed by atoms with E-state index >= 15 is 33.6 Å². The smallest absolute Gasteiger partial charge is 0.303 e. The van der Waals surface area contributed by atoms with E-state index in [0.29, 0.717) is 70.9 Å². The summed E-state index contributed by atoms with van der Waals surface area (Å²) in [5.74, 6) is -15.2. The van der Waals surface area contributed by atoms with E-state index < -0.39 is 216 Å². The molecular weight excluding hydrogens is 1690 g/mol. The van der Waals surface area contributed by atoms with Gasteiger partial charge in [-0.15, -0.1) is 0 Å². The molecule has 0 radical (unpaired) electrons. The molecule has 0 spiro atoms. The number of rotatable bonds is 20. The van der Waals surface area contributed by atoms with Crippen molar-refractivity contribution < 1.29 is 92.3 Å². The maximum Gasteiger partial charge on any atom is 0.303 e. The molecule has 0 saturated heterocycles. The van der Waals surface area contributed by atoms with Gasteiger partial charge in [0.05, 0.1) is 18.5 Å². The lowest BCUT2D eigenvalue weighted by atomic mass is 9.83. The second-order valence-corrected chi connectivity index (χ2v) is 35.5. The number of aromatic nitrogens is 6. The number of phenolic OH excluding ortho intramolecular Hbond substituents is 1. The molecule has 2 aromatic carbocycles. The Bertz CT molecular complexity index is 5070. The van der Waals surface area contributed by atoms with Gasteiger partial charge in [-0.3, -0.25) is 71.9 Å². The first-order valence-corrected chi connectivity index (χ1v) is 44.7. The summed E-state index contributed by atoms with van der Waals surface area (Å²) in [6.45, 7) is 11.6. The average molecular weight is 1810 g/mol. The molecule has 21 N–H and O–H groups in total. The highest BCUT2D eigenvalue weighted by Crippen LogP contribution is 2.29. The molecule has 128 heavy (non-hydrogen) atoms. The predicted octanol–water partition coefficient (Wildman–Crippen LogP) is 0.541. The maximum absolute atomic E-state index is 15.4. The number of pyridine rings is 2. The molecule has 9 rings (SSSR count). The van der Waals surface area contributed by atoms with E-state index in [2.05, 4.69) is 93.7 Å². The molecule has 7 aromatic rings. The zero-order valence-electron chi connectivity index (χ0n) is 72.7. The number of likely N-dealkylation sites (N-methyl/N-ethyl adjacent to an activating group) is 1. The Hall–Kier alpha value is -12.5. The van der Waals surface area contributed by atoms with Crippen LogP contribution in [-0.2, 0) is 109 Å². The minimum absolute atomic E-state index is 0.111. The lowest BCUT2D eigenvalue weighted by Crippen LogP contribution is -2.63. The van der Waals surface area contributed by atoms with Crippen LogP contribution in [0.4, 0.5) is 0 Å². The molecule has 15 atom stereocenters. The number of aliphatic hydroxyl groups excluding tert-OH is 2. The fraction of sp³-hybridized carbons (Fsp3) is 0.494.